The van der Waals surface area contributed by atoms with Crippen molar-refractivity contribution in [3.05, 3.63) is 23.0 Å². The molecule has 0 radical (unpaired) electrons. The molecular weight excluding hydrogens is 244 g/mol. The highest BCUT2D eigenvalue weighted by Crippen LogP contribution is 2.28. The Bertz CT molecular complexity index is 355. The molecule has 0 saturated carbocycles. The molecule has 3 aliphatic heterocycles. The maximum Gasteiger partial charge on any atom is 0.0640 e. The van der Waals surface area contributed by atoms with Crippen LogP contribution in [0.2, 0.25) is 0 Å². The van der Waals surface area contributed by atoms with Crippen molar-refractivity contribution in [3.8, 4) is 0 Å². The number of nitrogens with zero attached hydrogens (tertiary/aromatic N) is 2. The van der Waals surface area contributed by atoms with Gasteiger partial charge in [0.1, 0.15) is 0 Å². The van der Waals surface area contributed by atoms with Crippen LogP contribution in [-0.2, 0) is 0 Å². The second kappa shape index (κ2) is 4.94. The van der Waals surface area contributed by atoms with E-state index in [1.807, 2.05) is 12.4 Å². The smallest absolute Gasteiger partial charge is 0.0640 e. The first-order valence-electron chi connectivity index (χ1n) is 3.71. The van der Waals surface area contributed by atoms with E-state index in [1.165, 1.54) is 11.1 Å². The molecule has 0 aromatic heterocycles. The molecular formula is C8H10Cl3N3. The van der Waals surface area contributed by atoms with E-state index in [-0.39, 0.29) is 37.2 Å². The van der Waals surface area contributed by atoms with E-state index in [1.54, 1.807) is 0 Å². The first-order chi connectivity index (χ1) is 5.45. The third-order valence-corrected chi connectivity index (χ3v) is 2.17. The quantitative estimate of drug-likeness (QED) is 0.699. The van der Waals surface area contributed by atoms with Crippen molar-refractivity contribution in [2.24, 2.45) is 9.98 Å². The van der Waals surface area contributed by atoms with Gasteiger partial charge in [-0.2, -0.15) is 0 Å². The zero-order chi connectivity index (χ0) is 7.26. The summed E-state index contributed by atoms with van der Waals surface area (Å²) in [5, 5.41) is 3.28. The third-order valence-electron chi connectivity index (χ3n) is 2.17. The van der Waals surface area contributed by atoms with Crippen molar-refractivity contribution in [2.45, 2.75) is 0 Å². The van der Waals surface area contributed by atoms with Crippen LogP contribution in [0.1, 0.15) is 0 Å². The third kappa shape index (κ3) is 1.73. The van der Waals surface area contributed by atoms with Crippen molar-refractivity contribution in [3.63, 3.8) is 0 Å². The standard InChI is InChI=1S/C8H7N3.3ClH/c1-5-6(2-9-1)8-4-10-3-7(5)11-8;;;/h1-2,10H,3-4H2;3*1H. The van der Waals surface area contributed by atoms with Crippen LogP contribution in [0.3, 0.4) is 0 Å². The Morgan fingerprint density at radius 3 is 2.71 bits per heavy atom. The maximum absolute atomic E-state index is 4.45. The zero-order valence-electron chi connectivity index (χ0n) is 7.19. The molecule has 0 atom stereocenters. The van der Waals surface area contributed by atoms with Gasteiger partial charge in [0, 0.05) is 36.7 Å². The molecule has 3 nitrogen and oxygen atoms in total. The van der Waals surface area contributed by atoms with Gasteiger partial charge in [0.15, 0.2) is 0 Å². The zero-order valence-corrected chi connectivity index (χ0v) is 9.64. The van der Waals surface area contributed by atoms with Crippen LogP contribution in [-0.4, -0.2) is 25.0 Å². The van der Waals surface area contributed by atoms with Crippen LogP contribution in [0, 0.1) is 0 Å². The lowest BCUT2D eigenvalue weighted by Crippen LogP contribution is -2.26. The summed E-state index contributed by atoms with van der Waals surface area (Å²) in [6.07, 6.45) is 3.79. The van der Waals surface area contributed by atoms with Crippen LogP contribution in [0.25, 0.3) is 0 Å². The van der Waals surface area contributed by atoms with Crippen LogP contribution < -0.4 is 5.32 Å². The normalized spacial score (nSPS) is 20.0. The van der Waals surface area contributed by atoms with Gasteiger partial charge in [0.05, 0.1) is 11.4 Å². The Morgan fingerprint density at radius 1 is 1.14 bits per heavy atom. The Hall–Kier alpha value is -0.350. The number of halogens is 3. The minimum absolute atomic E-state index is 0. The molecule has 0 aromatic carbocycles. The molecule has 0 unspecified atom stereocenters. The van der Waals surface area contributed by atoms with Crippen molar-refractivity contribution in [2.75, 3.05) is 13.1 Å². The minimum atomic E-state index is 0. The molecule has 2 bridgehead atoms. The van der Waals surface area contributed by atoms with E-state index in [4.69, 9.17) is 0 Å². The van der Waals surface area contributed by atoms with Crippen LogP contribution in [0.5, 0.6) is 0 Å². The van der Waals surface area contributed by atoms with Gasteiger partial charge in [-0.3, -0.25) is 9.98 Å². The number of hydrogen-bond donors (Lipinski definition) is 1. The summed E-state index contributed by atoms with van der Waals surface area (Å²) >= 11 is 0. The lowest BCUT2D eigenvalue weighted by molar-refractivity contribution is 0.808. The molecule has 0 spiro atoms. The van der Waals surface area contributed by atoms with Gasteiger partial charge in [-0.15, -0.1) is 37.2 Å². The van der Waals surface area contributed by atoms with E-state index in [2.05, 4.69) is 15.3 Å². The predicted octanol–water partition coefficient (Wildman–Crippen LogP) is 1.53. The molecule has 3 heterocycles. The van der Waals surface area contributed by atoms with Gasteiger partial charge in [-0.1, -0.05) is 0 Å². The monoisotopic (exact) mass is 253 g/mol. The summed E-state index contributed by atoms with van der Waals surface area (Å²) in [4.78, 5) is 8.55. The number of hydrogen-bond acceptors (Lipinski definition) is 3. The summed E-state index contributed by atoms with van der Waals surface area (Å²) < 4.78 is 0. The van der Waals surface area contributed by atoms with Gasteiger partial charge in [0.2, 0.25) is 0 Å². The number of allylic oxidation sites excluding steroid dienone is 1. The van der Waals surface area contributed by atoms with Gasteiger partial charge in [0.25, 0.3) is 0 Å². The molecule has 0 amide bonds. The predicted molar refractivity (Wildman–Crippen MR) is 65.6 cm³/mol. The fourth-order valence-electron chi connectivity index (χ4n) is 1.64. The summed E-state index contributed by atoms with van der Waals surface area (Å²) in [6.45, 7) is 1.78. The molecule has 6 heteroatoms. The Morgan fingerprint density at radius 2 is 1.93 bits per heavy atom. The Balaban J connectivity index is 0.000000563. The topological polar surface area (TPSA) is 36.8 Å². The highest BCUT2D eigenvalue weighted by molar-refractivity contribution is 6.17. The molecule has 1 N–H and O–H groups in total. The Kier molecular flexibility index (Phi) is 4.81. The first-order valence-corrected chi connectivity index (χ1v) is 3.71. The fraction of sp³-hybridized carbons (Fsp3) is 0.250. The molecule has 0 fully saturated rings. The van der Waals surface area contributed by atoms with Gasteiger partial charge in [-0.05, 0) is 0 Å². The van der Waals surface area contributed by atoms with E-state index >= 15 is 0 Å². The first kappa shape index (κ1) is 13.7. The summed E-state index contributed by atoms with van der Waals surface area (Å²) in [5.41, 5.74) is 4.76. The van der Waals surface area contributed by atoms with Crippen LogP contribution in [0.4, 0.5) is 0 Å². The lowest BCUT2D eigenvalue weighted by atomic mass is 10.1. The highest BCUT2D eigenvalue weighted by Gasteiger charge is 2.27. The molecule has 0 aromatic rings. The minimum Gasteiger partial charge on any atom is -0.305 e. The SMILES string of the molecule is C1=NC=C2C3=NC(=C12)CNC3.Cl.Cl.Cl. The summed E-state index contributed by atoms with van der Waals surface area (Å²) in [6, 6.07) is 0. The van der Waals surface area contributed by atoms with E-state index < -0.39 is 0 Å². The van der Waals surface area contributed by atoms with Crippen molar-refractivity contribution in [1.82, 2.24) is 5.32 Å². The van der Waals surface area contributed by atoms with Crippen LogP contribution in [0.15, 0.2) is 33.0 Å². The number of aliphatic imine (C=N–C) groups is 2. The number of nitrogens with one attached hydrogen (secondary N) is 1. The maximum atomic E-state index is 4.45. The van der Waals surface area contributed by atoms with Gasteiger partial charge < -0.3 is 5.32 Å². The second-order valence-corrected chi connectivity index (χ2v) is 2.84. The van der Waals surface area contributed by atoms with Crippen molar-refractivity contribution in [1.29, 1.82) is 0 Å². The number of rotatable bonds is 0. The molecule has 0 aliphatic carbocycles. The van der Waals surface area contributed by atoms with Crippen molar-refractivity contribution < 1.29 is 0 Å². The average Bonchev–Trinajstić information content (AvgIpc) is 2.58. The Labute approximate surface area is 101 Å². The van der Waals surface area contributed by atoms with E-state index in [0.717, 1.165) is 24.5 Å². The van der Waals surface area contributed by atoms with Crippen molar-refractivity contribution >= 4 is 49.1 Å². The molecule has 78 valence electrons. The van der Waals surface area contributed by atoms with Crippen LogP contribution >= 0.6 is 37.2 Å². The molecule has 14 heavy (non-hydrogen) atoms. The van der Waals surface area contributed by atoms with Gasteiger partial charge >= 0.3 is 0 Å². The molecule has 3 rings (SSSR count). The summed E-state index contributed by atoms with van der Waals surface area (Å²) in [5.74, 6) is 0. The van der Waals surface area contributed by atoms with E-state index in [0.29, 0.717) is 0 Å². The largest absolute Gasteiger partial charge is 0.305 e. The second-order valence-electron chi connectivity index (χ2n) is 2.84. The molecule has 0 saturated heterocycles. The fourth-order valence-corrected chi connectivity index (χ4v) is 1.64. The molecule has 3 aliphatic rings. The summed E-state index contributed by atoms with van der Waals surface area (Å²) in [7, 11) is 0. The average molecular weight is 255 g/mol. The van der Waals surface area contributed by atoms with Gasteiger partial charge in [-0.25, -0.2) is 0 Å². The lowest BCUT2D eigenvalue weighted by Gasteiger charge is -2.07. The highest BCUT2D eigenvalue weighted by atomic mass is 35.5. The number of fused-ring (bicyclic) bond motifs is 3. The van der Waals surface area contributed by atoms with E-state index in [9.17, 15) is 0 Å².